The van der Waals surface area contributed by atoms with Crippen LogP contribution in [0, 0.1) is 0 Å². The summed E-state index contributed by atoms with van der Waals surface area (Å²) < 4.78 is 0. The average molecular weight is 519 g/mol. The van der Waals surface area contributed by atoms with Gasteiger partial charge in [0.2, 0.25) is 5.91 Å². The molecule has 0 bridgehead atoms. The molecule has 0 radical (unpaired) electrons. The van der Waals surface area contributed by atoms with E-state index in [-0.39, 0.29) is 11.8 Å². The molecule has 3 aromatic carbocycles. The Balaban J connectivity index is 1.25. The van der Waals surface area contributed by atoms with Crippen molar-refractivity contribution in [2.24, 2.45) is 0 Å². The number of hydrogen-bond acceptors (Lipinski definition) is 6. The molecule has 3 N–H and O–H groups in total. The van der Waals surface area contributed by atoms with Gasteiger partial charge in [-0.25, -0.2) is 9.97 Å². The first-order valence-corrected chi connectivity index (χ1v) is 12.9. The number of benzene rings is 3. The lowest BCUT2D eigenvalue weighted by molar-refractivity contribution is -0.118. The van der Waals surface area contributed by atoms with Gasteiger partial charge in [-0.2, -0.15) is 0 Å². The maximum atomic E-state index is 13.3. The summed E-state index contributed by atoms with van der Waals surface area (Å²) in [5.41, 5.74) is 3.49. The molecule has 0 saturated carbocycles. The van der Waals surface area contributed by atoms with E-state index in [1.165, 1.54) is 11.3 Å². The van der Waals surface area contributed by atoms with Crippen molar-refractivity contribution < 1.29 is 9.59 Å². The second kappa shape index (κ2) is 10.2. The fourth-order valence-corrected chi connectivity index (χ4v) is 4.80. The summed E-state index contributed by atoms with van der Waals surface area (Å²) in [7, 11) is 0. The Hall–Kier alpha value is -4.89. The summed E-state index contributed by atoms with van der Waals surface area (Å²) in [6.45, 7) is 0. The first kappa shape index (κ1) is 23.5. The minimum absolute atomic E-state index is 0.329. The van der Waals surface area contributed by atoms with Crippen LogP contribution in [-0.4, -0.2) is 37.8 Å². The Morgan fingerprint density at radius 1 is 0.921 bits per heavy atom. The lowest BCUT2D eigenvalue weighted by Gasteiger charge is -2.18. The Morgan fingerprint density at radius 2 is 1.74 bits per heavy atom. The third kappa shape index (κ3) is 5.00. The van der Waals surface area contributed by atoms with Gasteiger partial charge in [0.05, 0.1) is 11.0 Å². The summed E-state index contributed by atoms with van der Waals surface area (Å²) in [4.78, 5) is 42.9. The normalized spacial score (nSPS) is 11.9. The van der Waals surface area contributed by atoms with Gasteiger partial charge < -0.3 is 15.6 Å². The highest BCUT2D eigenvalue weighted by atomic mass is 32.1. The van der Waals surface area contributed by atoms with E-state index >= 15 is 0 Å². The van der Waals surface area contributed by atoms with Crippen LogP contribution in [0.2, 0.25) is 0 Å². The second-order valence-corrected chi connectivity index (χ2v) is 9.67. The molecule has 6 rings (SSSR count). The number of pyridine rings is 1. The number of rotatable bonds is 7. The van der Waals surface area contributed by atoms with Gasteiger partial charge >= 0.3 is 0 Å². The predicted octanol–water partition coefficient (Wildman–Crippen LogP) is 5.21. The third-order valence-electron chi connectivity index (χ3n) is 6.18. The first-order chi connectivity index (χ1) is 18.6. The number of carbonyl (C=O) groups excluding carboxylic acids is 2. The second-order valence-electron chi connectivity index (χ2n) is 8.78. The molecule has 3 aromatic heterocycles. The minimum atomic E-state index is -0.788. The van der Waals surface area contributed by atoms with Gasteiger partial charge in [0.25, 0.3) is 5.91 Å². The molecule has 9 heteroatoms. The quantitative estimate of drug-likeness (QED) is 0.268. The van der Waals surface area contributed by atoms with Crippen LogP contribution in [0.15, 0.2) is 96.6 Å². The zero-order valence-electron chi connectivity index (χ0n) is 20.1. The molecule has 0 saturated heterocycles. The number of aromatic amines is 1. The van der Waals surface area contributed by atoms with E-state index < -0.39 is 6.04 Å². The van der Waals surface area contributed by atoms with Crippen LogP contribution in [0.25, 0.3) is 33.3 Å². The number of aromatic nitrogens is 4. The van der Waals surface area contributed by atoms with Gasteiger partial charge in [0.1, 0.15) is 11.7 Å². The molecule has 6 aromatic rings. The number of anilines is 1. The Morgan fingerprint density at radius 3 is 2.55 bits per heavy atom. The van der Waals surface area contributed by atoms with E-state index in [0.717, 1.165) is 16.3 Å². The standard InChI is InChI=1S/C29H22N6O2S/c36-27(34-25(14-18-6-2-1-3-7-18)28(37)35-29-30-12-13-38-29)20-10-11-22-23(16-20)33-26(32-22)24-15-19-8-4-5-9-21(19)17-31-24/h1-13,15-17,25H,14H2,(H,32,33)(H,34,36)(H,30,35,37). The van der Waals surface area contributed by atoms with Crippen molar-refractivity contribution in [3.63, 3.8) is 0 Å². The summed E-state index contributed by atoms with van der Waals surface area (Å²) >= 11 is 1.32. The molecule has 1 unspecified atom stereocenters. The van der Waals surface area contributed by atoms with Crippen molar-refractivity contribution in [1.29, 1.82) is 0 Å². The lowest BCUT2D eigenvalue weighted by Crippen LogP contribution is -2.45. The smallest absolute Gasteiger partial charge is 0.252 e. The van der Waals surface area contributed by atoms with Crippen molar-refractivity contribution in [3.05, 3.63) is 108 Å². The molecule has 186 valence electrons. The zero-order chi connectivity index (χ0) is 25.9. The highest BCUT2D eigenvalue weighted by Crippen LogP contribution is 2.23. The Kier molecular flexibility index (Phi) is 6.33. The van der Waals surface area contributed by atoms with Crippen molar-refractivity contribution in [2.75, 3.05) is 5.32 Å². The molecule has 8 nitrogen and oxygen atoms in total. The molecular weight excluding hydrogens is 496 g/mol. The Bertz CT molecular complexity index is 1750. The molecule has 0 aliphatic rings. The van der Waals surface area contributed by atoms with Gasteiger partial charge in [0.15, 0.2) is 11.0 Å². The van der Waals surface area contributed by atoms with Crippen LogP contribution < -0.4 is 10.6 Å². The minimum Gasteiger partial charge on any atom is -0.340 e. The molecule has 38 heavy (non-hydrogen) atoms. The largest absolute Gasteiger partial charge is 0.340 e. The van der Waals surface area contributed by atoms with Gasteiger partial charge in [-0.1, -0.05) is 54.6 Å². The van der Waals surface area contributed by atoms with Crippen LogP contribution in [-0.2, 0) is 11.2 Å². The van der Waals surface area contributed by atoms with Crippen LogP contribution in [0.5, 0.6) is 0 Å². The topological polar surface area (TPSA) is 113 Å². The summed E-state index contributed by atoms with van der Waals surface area (Å²) in [6, 6.07) is 24.0. The Labute approximate surface area is 221 Å². The van der Waals surface area contributed by atoms with Gasteiger partial charge in [-0.3, -0.25) is 14.6 Å². The van der Waals surface area contributed by atoms with E-state index in [1.807, 2.05) is 66.9 Å². The molecule has 2 amide bonds. The molecule has 0 aliphatic carbocycles. The fourth-order valence-electron chi connectivity index (χ4n) is 4.26. The number of nitrogens with zero attached hydrogens (tertiary/aromatic N) is 3. The molecular formula is C29H22N6O2S. The van der Waals surface area contributed by atoms with Crippen LogP contribution in [0.3, 0.4) is 0 Å². The van der Waals surface area contributed by atoms with E-state index in [4.69, 9.17) is 0 Å². The highest BCUT2D eigenvalue weighted by molar-refractivity contribution is 7.13. The fraction of sp³-hybridized carbons (Fsp3) is 0.0690. The summed E-state index contributed by atoms with van der Waals surface area (Å²) in [5, 5.41) is 10.1. The average Bonchev–Trinajstić information content (AvgIpc) is 3.62. The number of imidazole rings is 1. The van der Waals surface area contributed by atoms with Gasteiger partial charge in [-0.05, 0) is 35.2 Å². The lowest BCUT2D eigenvalue weighted by atomic mass is 10.0. The monoisotopic (exact) mass is 518 g/mol. The number of hydrogen-bond donors (Lipinski definition) is 3. The van der Waals surface area contributed by atoms with E-state index in [2.05, 4.69) is 30.6 Å². The number of fused-ring (bicyclic) bond motifs is 2. The maximum absolute atomic E-state index is 13.3. The zero-order valence-corrected chi connectivity index (χ0v) is 20.9. The summed E-state index contributed by atoms with van der Waals surface area (Å²) in [6.07, 6.45) is 3.78. The molecule has 3 heterocycles. The molecule has 0 fully saturated rings. The van der Waals surface area contributed by atoms with E-state index in [0.29, 0.717) is 39.7 Å². The number of nitrogens with one attached hydrogen (secondary N) is 3. The van der Waals surface area contributed by atoms with Crippen molar-refractivity contribution in [2.45, 2.75) is 12.5 Å². The molecule has 0 aliphatic heterocycles. The molecule has 0 spiro atoms. The molecule has 1 atom stereocenters. The van der Waals surface area contributed by atoms with Crippen LogP contribution in [0.4, 0.5) is 5.13 Å². The van der Waals surface area contributed by atoms with Crippen LogP contribution in [0.1, 0.15) is 15.9 Å². The van der Waals surface area contributed by atoms with Gasteiger partial charge in [-0.15, -0.1) is 11.3 Å². The number of thiazole rings is 1. The van der Waals surface area contributed by atoms with Crippen molar-refractivity contribution in [3.8, 4) is 11.5 Å². The van der Waals surface area contributed by atoms with Crippen molar-refractivity contribution in [1.82, 2.24) is 25.3 Å². The number of carbonyl (C=O) groups is 2. The SMILES string of the molecule is O=C(NC(Cc1ccccc1)C(=O)Nc1nccs1)c1ccc2nc(-c3cc4ccccc4cn3)[nH]c2c1. The van der Waals surface area contributed by atoms with Crippen LogP contribution >= 0.6 is 11.3 Å². The van der Waals surface area contributed by atoms with Crippen molar-refractivity contribution >= 4 is 50.1 Å². The predicted molar refractivity (Wildman–Crippen MR) is 149 cm³/mol. The number of amides is 2. The van der Waals surface area contributed by atoms with Gasteiger partial charge in [0, 0.05) is 35.1 Å². The third-order valence-corrected chi connectivity index (χ3v) is 6.87. The van der Waals surface area contributed by atoms with E-state index in [1.54, 1.807) is 29.8 Å². The summed E-state index contributed by atoms with van der Waals surface area (Å²) in [5.74, 6) is -0.0698. The highest BCUT2D eigenvalue weighted by Gasteiger charge is 2.23. The first-order valence-electron chi connectivity index (χ1n) is 12.0. The van der Waals surface area contributed by atoms with E-state index in [9.17, 15) is 9.59 Å². The number of H-pyrrole nitrogens is 1. The maximum Gasteiger partial charge on any atom is 0.252 e.